The van der Waals surface area contributed by atoms with Gasteiger partial charge in [0.25, 0.3) is 0 Å². The van der Waals surface area contributed by atoms with E-state index in [1.54, 1.807) is 5.37 Å². The van der Waals surface area contributed by atoms with Crippen molar-refractivity contribution >= 4 is 17.6 Å². The van der Waals surface area contributed by atoms with E-state index in [0.717, 1.165) is 0 Å². The van der Waals surface area contributed by atoms with Crippen molar-refractivity contribution in [1.29, 1.82) is 0 Å². The standard InChI is InChI=1S/C5H10S/c1-5(2,3)4-6/h4H,1-3H3. The normalized spacial score (nSPS) is 11.2. The number of hydrogen-bond donors (Lipinski definition) is 0. The Bertz CT molecular complexity index is 49.4. The van der Waals surface area contributed by atoms with E-state index in [9.17, 15) is 0 Å². The maximum absolute atomic E-state index is 4.66. The molecule has 0 unspecified atom stereocenters. The molecular weight excluding hydrogens is 92.1 g/mol. The quantitative estimate of drug-likeness (QED) is 0.422. The van der Waals surface area contributed by atoms with E-state index >= 15 is 0 Å². The predicted octanol–water partition coefficient (Wildman–Crippen LogP) is 2.03. The fourth-order valence-electron chi connectivity index (χ4n) is 0. The predicted molar refractivity (Wildman–Crippen MR) is 33.1 cm³/mol. The molecule has 0 aromatic heterocycles. The molecule has 0 amide bonds. The third kappa shape index (κ3) is 4.09. The third-order valence-corrected chi connectivity index (χ3v) is 1.06. The molecular formula is C5H10S. The summed E-state index contributed by atoms with van der Waals surface area (Å²) in [6.07, 6.45) is 0. The Morgan fingerprint density at radius 3 is 1.50 bits per heavy atom. The third-order valence-electron chi connectivity index (χ3n) is 0.354. The summed E-state index contributed by atoms with van der Waals surface area (Å²) in [4.78, 5) is 0. The Balaban J connectivity index is 3.45. The van der Waals surface area contributed by atoms with Crippen molar-refractivity contribution in [1.82, 2.24) is 0 Å². The van der Waals surface area contributed by atoms with E-state index in [4.69, 9.17) is 0 Å². The van der Waals surface area contributed by atoms with Crippen LogP contribution in [0.5, 0.6) is 0 Å². The Hall–Kier alpha value is 0.0900. The van der Waals surface area contributed by atoms with Crippen LogP contribution < -0.4 is 0 Å². The molecule has 0 aliphatic carbocycles. The minimum Gasteiger partial charge on any atom is -0.0929 e. The molecule has 1 heteroatoms. The van der Waals surface area contributed by atoms with Crippen molar-refractivity contribution in [3.05, 3.63) is 0 Å². The lowest BCUT2D eigenvalue weighted by Gasteiger charge is -2.06. The monoisotopic (exact) mass is 102 g/mol. The van der Waals surface area contributed by atoms with Crippen LogP contribution >= 0.6 is 12.2 Å². The lowest BCUT2D eigenvalue weighted by Crippen LogP contribution is -2.02. The molecule has 0 aromatic carbocycles. The van der Waals surface area contributed by atoms with Gasteiger partial charge in [0, 0.05) is 0 Å². The first-order chi connectivity index (χ1) is 2.56. The maximum atomic E-state index is 4.66. The highest BCUT2D eigenvalue weighted by molar-refractivity contribution is 7.79. The molecule has 0 aromatic rings. The summed E-state index contributed by atoms with van der Waals surface area (Å²) in [6.45, 7) is 6.25. The van der Waals surface area contributed by atoms with Crippen LogP contribution in [0, 0.1) is 5.41 Å². The van der Waals surface area contributed by atoms with Crippen molar-refractivity contribution in [3.8, 4) is 0 Å². The van der Waals surface area contributed by atoms with Gasteiger partial charge in [0.2, 0.25) is 0 Å². The molecule has 0 fully saturated rings. The molecule has 0 aliphatic rings. The zero-order chi connectivity index (χ0) is 5.21. The number of rotatable bonds is 0. The van der Waals surface area contributed by atoms with Crippen LogP contribution in [-0.4, -0.2) is 5.37 Å². The highest BCUT2D eigenvalue weighted by Gasteiger charge is 2.01. The lowest BCUT2D eigenvalue weighted by molar-refractivity contribution is 0.615. The zero-order valence-electron chi connectivity index (χ0n) is 4.49. The average Bonchev–Trinajstić information content (AvgIpc) is 1.35. The van der Waals surface area contributed by atoms with Gasteiger partial charge in [0.15, 0.2) is 0 Å². The summed E-state index contributed by atoms with van der Waals surface area (Å²) >= 11 is 4.66. The molecule has 0 spiro atoms. The van der Waals surface area contributed by atoms with Crippen LogP contribution in [0.15, 0.2) is 0 Å². The van der Waals surface area contributed by atoms with Gasteiger partial charge in [-0.05, 0) is 10.8 Å². The molecule has 0 nitrogen and oxygen atoms in total. The summed E-state index contributed by atoms with van der Waals surface area (Å²) in [5, 5.41) is 1.77. The lowest BCUT2D eigenvalue weighted by atomic mass is 10.0. The highest BCUT2D eigenvalue weighted by Crippen LogP contribution is 2.07. The highest BCUT2D eigenvalue weighted by atomic mass is 32.1. The molecule has 0 bridgehead atoms. The van der Waals surface area contributed by atoms with Crippen molar-refractivity contribution in [3.63, 3.8) is 0 Å². The minimum absolute atomic E-state index is 0.231. The first-order valence-electron chi connectivity index (χ1n) is 2.02. The van der Waals surface area contributed by atoms with Gasteiger partial charge in [-0.2, -0.15) is 0 Å². The first kappa shape index (κ1) is 6.09. The maximum Gasteiger partial charge on any atom is -0.00985 e. The van der Waals surface area contributed by atoms with Gasteiger partial charge in [0.1, 0.15) is 0 Å². The van der Waals surface area contributed by atoms with E-state index < -0.39 is 0 Å². The van der Waals surface area contributed by atoms with Gasteiger partial charge in [0.05, 0.1) is 0 Å². The minimum atomic E-state index is 0.231. The number of hydrogen-bond acceptors (Lipinski definition) is 1. The van der Waals surface area contributed by atoms with E-state index in [1.165, 1.54) is 0 Å². The van der Waals surface area contributed by atoms with Gasteiger partial charge < -0.3 is 0 Å². The van der Waals surface area contributed by atoms with Crippen molar-refractivity contribution in [2.75, 3.05) is 0 Å². The molecule has 0 radical (unpaired) electrons. The molecule has 0 atom stereocenters. The van der Waals surface area contributed by atoms with E-state index in [0.29, 0.717) is 0 Å². The molecule has 6 heavy (non-hydrogen) atoms. The second kappa shape index (κ2) is 1.69. The van der Waals surface area contributed by atoms with Gasteiger partial charge in [-0.25, -0.2) is 0 Å². The van der Waals surface area contributed by atoms with Crippen molar-refractivity contribution in [2.45, 2.75) is 20.8 Å². The fraction of sp³-hybridized carbons (Fsp3) is 0.800. The second-order valence-corrected chi connectivity index (χ2v) is 2.72. The van der Waals surface area contributed by atoms with Crippen LogP contribution in [0.25, 0.3) is 0 Å². The molecule has 0 heterocycles. The van der Waals surface area contributed by atoms with Crippen molar-refractivity contribution < 1.29 is 0 Å². The average molecular weight is 102 g/mol. The Kier molecular flexibility index (Phi) is 1.72. The SMILES string of the molecule is CC(C)(C)C=S. The largest absolute Gasteiger partial charge is 0.0929 e. The zero-order valence-corrected chi connectivity index (χ0v) is 5.30. The van der Waals surface area contributed by atoms with Crippen LogP contribution in [0.2, 0.25) is 0 Å². The topological polar surface area (TPSA) is 0 Å². The van der Waals surface area contributed by atoms with Crippen LogP contribution in [-0.2, 0) is 0 Å². The van der Waals surface area contributed by atoms with Crippen LogP contribution in [0.4, 0.5) is 0 Å². The van der Waals surface area contributed by atoms with Gasteiger partial charge in [-0.1, -0.05) is 33.0 Å². The molecule has 0 aliphatic heterocycles. The van der Waals surface area contributed by atoms with E-state index in [-0.39, 0.29) is 5.41 Å². The van der Waals surface area contributed by atoms with Gasteiger partial charge >= 0.3 is 0 Å². The number of thiocarbonyl (C=S) groups is 1. The van der Waals surface area contributed by atoms with E-state index in [1.807, 2.05) is 0 Å². The summed E-state index contributed by atoms with van der Waals surface area (Å²) in [7, 11) is 0. The fourth-order valence-corrected chi connectivity index (χ4v) is 0. The van der Waals surface area contributed by atoms with Crippen LogP contribution in [0.3, 0.4) is 0 Å². The molecule has 0 rings (SSSR count). The Morgan fingerprint density at radius 1 is 1.33 bits per heavy atom. The summed E-state index contributed by atoms with van der Waals surface area (Å²) < 4.78 is 0. The Labute approximate surface area is 44.6 Å². The Morgan fingerprint density at radius 2 is 1.50 bits per heavy atom. The second-order valence-electron chi connectivity index (χ2n) is 2.48. The van der Waals surface area contributed by atoms with Crippen LogP contribution in [0.1, 0.15) is 20.8 Å². The summed E-state index contributed by atoms with van der Waals surface area (Å²) in [5.74, 6) is 0. The molecule has 36 valence electrons. The van der Waals surface area contributed by atoms with Crippen molar-refractivity contribution in [2.24, 2.45) is 5.41 Å². The molecule has 0 N–H and O–H groups in total. The molecule has 0 saturated heterocycles. The summed E-state index contributed by atoms with van der Waals surface area (Å²) in [6, 6.07) is 0. The van der Waals surface area contributed by atoms with Gasteiger partial charge in [-0.15, -0.1) is 0 Å². The molecule has 0 saturated carbocycles. The van der Waals surface area contributed by atoms with Gasteiger partial charge in [-0.3, -0.25) is 0 Å². The first-order valence-corrected chi connectivity index (χ1v) is 2.50. The summed E-state index contributed by atoms with van der Waals surface area (Å²) in [5.41, 5.74) is 0.231. The van der Waals surface area contributed by atoms with E-state index in [2.05, 4.69) is 33.0 Å². The smallest absolute Gasteiger partial charge is 0.00985 e.